The summed E-state index contributed by atoms with van der Waals surface area (Å²) < 4.78 is 18.2. The van der Waals surface area contributed by atoms with Crippen molar-refractivity contribution in [2.24, 2.45) is 0 Å². The molecule has 0 amide bonds. The molecule has 0 saturated heterocycles. The first kappa shape index (κ1) is 20.8. The first-order valence-corrected chi connectivity index (χ1v) is 9.29. The largest absolute Gasteiger partial charge is 0.459 e. The molecule has 2 atom stereocenters. The second kappa shape index (κ2) is 11.3. The zero-order valence-electron chi connectivity index (χ0n) is 14.4. The highest BCUT2D eigenvalue weighted by molar-refractivity contribution is 8.00. The first-order chi connectivity index (χ1) is 9.76. The van der Waals surface area contributed by atoms with Gasteiger partial charge < -0.3 is 4.74 Å². The fourth-order valence-corrected chi connectivity index (χ4v) is 3.14. The van der Waals surface area contributed by atoms with E-state index in [1.807, 2.05) is 20.8 Å². The summed E-state index contributed by atoms with van der Waals surface area (Å²) in [6.07, 6.45) is 6.00. The van der Waals surface area contributed by atoms with E-state index in [0.717, 1.165) is 44.3 Å². The summed E-state index contributed by atoms with van der Waals surface area (Å²) in [6.45, 7) is 9.47. The van der Waals surface area contributed by atoms with E-state index < -0.39 is 11.8 Å². The van der Waals surface area contributed by atoms with Gasteiger partial charge in [-0.3, -0.25) is 4.79 Å². The molecule has 0 heterocycles. The van der Waals surface area contributed by atoms with E-state index in [9.17, 15) is 9.18 Å². The second-order valence-electron chi connectivity index (χ2n) is 6.67. The molecule has 2 nitrogen and oxygen atoms in total. The summed E-state index contributed by atoms with van der Waals surface area (Å²) >= 11 is 1.68. The van der Waals surface area contributed by atoms with Gasteiger partial charge in [-0.1, -0.05) is 26.2 Å². The van der Waals surface area contributed by atoms with Gasteiger partial charge in [-0.15, -0.1) is 11.8 Å². The highest BCUT2D eigenvalue weighted by atomic mass is 32.2. The molecule has 21 heavy (non-hydrogen) atoms. The van der Waals surface area contributed by atoms with Crippen molar-refractivity contribution >= 4 is 17.7 Å². The predicted octanol–water partition coefficient (Wildman–Crippen LogP) is 5.54. The van der Waals surface area contributed by atoms with Crippen LogP contribution in [0.4, 0.5) is 4.39 Å². The minimum Gasteiger partial charge on any atom is -0.459 e. The van der Waals surface area contributed by atoms with Crippen molar-refractivity contribution in [3.8, 4) is 0 Å². The number of ether oxygens (including phenoxy) is 1. The van der Waals surface area contributed by atoms with E-state index in [1.165, 1.54) is 0 Å². The second-order valence-corrected chi connectivity index (χ2v) is 7.98. The Kier molecular flexibility index (Phi) is 11.2. The van der Waals surface area contributed by atoms with Crippen LogP contribution in [0.25, 0.3) is 0 Å². The molecule has 0 radical (unpaired) electrons. The number of thioether (sulfide) groups is 1. The van der Waals surface area contributed by atoms with E-state index in [-0.39, 0.29) is 11.2 Å². The molecule has 0 spiro atoms. The number of carbonyl (C=O) groups is 1. The lowest BCUT2D eigenvalue weighted by Gasteiger charge is -2.23. The maximum absolute atomic E-state index is 12.7. The number of carbonyl (C=O) groups excluding carboxylic acids is 1. The first-order valence-electron chi connectivity index (χ1n) is 8.24. The lowest BCUT2D eigenvalue weighted by atomic mass is 10.1. The normalized spacial score (nSPS) is 14.8. The van der Waals surface area contributed by atoms with Crippen LogP contribution < -0.4 is 0 Å². The van der Waals surface area contributed by atoms with Gasteiger partial charge in [0.2, 0.25) is 0 Å². The van der Waals surface area contributed by atoms with Gasteiger partial charge >= 0.3 is 5.97 Å². The van der Waals surface area contributed by atoms with Crippen LogP contribution in [0.3, 0.4) is 0 Å². The molecule has 0 rings (SSSR count). The molecule has 2 unspecified atom stereocenters. The van der Waals surface area contributed by atoms with Gasteiger partial charge in [-0.25, -0.2) is 4.39 Å². The van der Waals surface area contributed by atoms with Gasteiger partial charge in [0.1, 0.15) is 10.9 Å². The molecule has 0 aliphatic carbocycles. The third kappa shape index (κ3) is 13.2. The maximum atomic E-state index is 12.7. The number of rotatable bonds is 11. The summed E-state index contributed by atoms with van der Waals surface area (Å²) in [6, 6.07) is 0. The molecule has 0 aliphatic heterocycles. The summed E-state index contributed by atoms with van der Waals surface area (Å²) in [5.74, 6) is 0.811. The lowest BCUT2D eigenvalue weighted by Crippen LogP contribution is -2.30. The smallest absolute Gasteiger partial charge is 0.319 e. The Morgan fingerprint density at radius 2 is 1.76 bits per heavy atom. The van der Waals surface area contributed by atoms with Gasteiger partial charge in [-0.05, 0) is 59.1 Å². The third-order valence-corrected chi connectivity index (χ3v) is 4.41. The van der Waals surface area contributed by atoms with Crippen LogP contribution >= 0.6 is 11.8 Å². The van der Waals surface area contributed by atoms with Gasteiger partial charge in [0.05, 0.1) is 6.17 Å². The van der Waals surface area contributed by atoms with Crippen molar-refractivity contribution < 1.29 is 13.9 Å². The molecule has 0 fully saturated rings. The van der Waals surface area contributed by atoms with Crippen molar-refractivity contribution in [3.63, 3.8) is 0 Å². The van der Waals surface area contributed by atoms with Crippen LogP contribution in [0.2, 0.25) is 0 Å². The Morgan fingerprint density at radius 3 is 2.29 bits per heavy atom. The standard InChI is InChI=1S/C17H33FO2S/c1-6-7-8-12-15(16(19)20-17(3,4)5)21-13-10-9-11-14(2)18/h14-15H,6-13H2,1-5H3. The van der Waals surface area contributed by atoms with Crippen LogP contribution in [0.1, 0.15) is 79.6 Å². The molecule has 126 valence electrons. The summed E-state index contributed by atoms with van der Waals surface area (Å²) in [5, 5.41) is -0.0708. The number of alkyl halides is 1. The molecule has 0 N–H and O–H groups in total. The SMILES string of the molecule is CCCCCC(SCCCCC(C)F)C(=O)OC(C)(C)C. The Bertz CT molecular complexity index is 274. The van der Waals surface area contributed by atoms with Crippen molar-refractivity contribution in [1.29, 1.82) is 0 Å². The Hall–Kier alpha value is -0.250. The summed E-state index contributed by atoms with van der Waals surface area (Å²) in [5.41, 5.74) is -0.426. The van der Waals surface area contributed by atoms with E-state index in [0.29, 0.717) is 6.42 Å². The molecular weight excluding hydrogens is 287 g/mol. The Balaban J connectivity index is 4.16. The molecule has 0 saturated carbocycles. The number of halogens is 1. The van der Waals surface area contributed by atoms with E-state index in [1.54, 1.807) is 18.7 Å². The quantitative estimate of drug-likeness (QED) is 0.369. The van der Waals surface area contributed by atoms with Crippen molar-refractivity contribution in [2.45, 2.75) is 96.6 Å². The number of esters is 1. The number of unbranched alkanes of at least 4 members (excludes halogenated alkanes) is 3. The minimum absolute atomic E-state index is 0.0708. The summed E-state index contributed by atoms with van der Waals surface area (Å²) in [7, 11) is 0. The predicted molar refractivity (Wildman–Crippen MR) is 90.7 cm³/mol. The van der Waals surface area contributed by atoms with E-state index in [2.05, 4.69) is 6.92 Å². The van der Waals surface area contributed by atoms with Crippen molar-refractivity contribution in [3.05, 3.63) is 0 Å². The van der Waals surface area contributed by atoms with E-state index in [4.69, 9.17) is 4.74 Å². The third-order valence-electron chi connectivity index (χ3n) is 3.05. The average Bonchev–Trinajstić information content (AvgIpc) is 2.33. The molecule has 0 aromatic carbocycles. The number of hydrogen-bond donors (Lipinski definition) is 0. The molecule has 0 bridgehead atoms. The molecule has 0 aromatic rings. The van der Waals surface area contributed by atoms with Crippen LogP contribution in [0.15, 0.2) is 0 Å². The average molecular weight is 321 g/mol. The molecule has 4 heteroatoms. The lowest BCUT2D eigenvalue weighted by molar-refractivity contribution is -0.154. The fraction of sp³-hybridized carbons (Fsp3) is 0.941. The van der Waals surface area contributed by atoms with Gasteiger partial charge in [0, 0.05) is 0 Å². The van der Waals surface area contributed by atoms with Gasteiger partial charge in [0.15, 0.2) is 0 Å². The molecule has 0 aromatic heterocycles. The van der Waals surface area contributed by atoms with Gasteiger partial charge in [0.25, 0.3) is 0 Å². The van der Waals surface area contributed by atoms with Crippen LogP contribution in [-0.4, -0.2) is 28.7 Å². The van der Waals surface area contributed by atoms with Crippen LogP contribution in [-0.2, 0) is 9.53 Å². The highest BCUT2D eigenvalue weighted by Crippen LogP contribution is 2.23. The van der Waals surface area contributed by atoms with Crippen LogP contribution in [0, 0.1) is 0 Å². The fourth-order valence-electron chi connectivity index (χ4n) is 1.97. The van der Waals surface area contributed by atoms with E-state index >= 15 is 0 Å². The van der Waals surface area contributed by atoms with Crippen LogP contribution in [0.5, 0.6) is 0 Å². The molecule has 0 aliphatic rings. The zero-order chi connectivity index (χ0) is 16.3. The molecular formula is C17H33FO2S. The zero-order valence-corrected chi connectivity index (χ0v) is 15.2. The van der Waals surface area contributed by atoms with Crippen molar-refractivity contribution in [2.75, 3.05) is 5.75 Å². The minimum atomic E-state index is -0.721. The van der Waals surface area contributed by atoms with Gasteiger partial charge in [-0.2, -0.15) is 0 Å². The monoisotopic (exact) mass is 320 g/mol. The maximum Gasteiger partial charge on any atom is 0.319 e. The number of hydrogen-bond acceptors (Lipinski definition) is 3. The Morgan fingerprint density at radius 1 is 1.14 bits per heavy atom. The van der Waals surface area contributed by atoms with Crippen molar-refractivity contribution in [1.82, 2.24) is 0 Å². The Labute approximate surface area is 134 Å². The topological polar surface area (TPSA) is 26.3 Å². The summed E-state index contributed by atoms with van der Waals surface area (Å²) in [4.78, 5) is 12.2. The highest BCUT2D eigenvalue weighted by Gasteiger charge is 2.24.